The SMILES string of the molecule is Cc1ccccc1C(C)NC(=O)c1cccc([N+](=O)[O-])c1. The Labute approximate surface area is 122 Å². The number of amides is 1. The molecule has 1 amide bonds. The fourth-order valence-corrected chi connectivity index (χ4v) is 2.19. The van der Waals surface area contributed by atoms with Gasteiger partial charge in [0.1, 0.15) is 0 Å². The second-order valence-electron chi connectivity index (χ2n) is 4.86. The molecule has 0 spiro atoms. The molecule has 0 saturated heterocycles. The number of carbonyl (C=O) groups excluding carboxylic acids is 1. The molecule has 0 fully saturated rings. The zero-order chi connectivity index (χ0) is 15.4. The van der Waals surface area contributed by atoms with Crippen molar-refractivity contribution in [2.24, 2.45) is 0 Å². The number of hydrogen-bond donors (Lipinski definition) is 1. The zero-order valence-electron chi connectivity index (χ0n) is 11.9. The van der Waals surface area contributed by atoms with Crippen LogP contribution < -0.4 is 5.32 Å². The maximum Gasteiger partial charge on any atom is 0.270 e. The van der Waals surface area contributed by atoms with Crippen LogP contribution in [0.3, 0.4) is 0 Å². The van der Waals surface area contributed by atoms with Crippen molar-refractivity contribution >= 4 is 11.6 Å². The van der Waals surface area contributed by atoms with Gasteiger partial charge in [-0.2, -0.15) is 0 Å². The van der Waals surface area contributed by atoms with Gasteiger partial charge in [0.25, 0.3) is 11.6 Å². The molecule has 2 aromatic rings. The molecule has 0 radical (unpaired) electrons. The normalized spacial score (nSPS) is 11.7. The molecule has 5 nitrogen and oxygen atoms in total. The Morgan fingerprint density at radius 2 is 1.90 bits per heavy atom. The van der Waals surface area contributed by atoms with E-state index in [1.807, 2.05) is 38.1 Å². The summed E-state index contributed by atoms with van der Waals surface area (Å²) < 4.78 is 0. The number of non-ortho nitro benzene ring substituents is 1. The number of nitro benzene ring substituents is 1. The number of hydrogen-bond acceptors (Lipinski definition) is 3. The largest absolute Gasteiger partial charge is 0.346 e. The lowest BCUT2D eigenvalue weighted by Crippen LogP contribution is -2.27. The predicted molar refractivity (Wildman–Crippen MR) is 80.2 cm³/mol. The van der Waals surface area contributed by atoms with Gasteiger partial charge >= 0.3 is 0 Å². The van der Waals surface area contributed by atoms with Crippen LogP contribution in [0.15, 0.2) is 48.5 Å². The van der Waals surface area contributed by atoms with Crippen molar-refractivity contribution < 1.29 is 9.72 Å². The van der Waals surface area contributed by atoms with E-state index < -0.39 is 4.92 Å². The molecule has 1 unspecified atom stereocenters. The highest BCUT2D eigenvalue weighted by atomic mass is 16.6. The van der Waals surface area contributed by atoms with Gasteiger partial charge in [-0.1, -0.05) is 30.3 Å². The average Bonchev–Trinajstić information content (AvgIpc) is 2.47. The standard InChI is InChI=1S/C16H16N2O3/c1-11-6-3-4-9-15(11)12(2)17-16(19)13-7-5-8-14(10-13)18(20)21/h3-10,12H,1-2H3,(H,17,19). The van der Waals surface area contributed by atoms with Crippen LogP contribution in [0.4, 0.5) is 5.69 Å². The van der Waals surface area contributed by atoms with Gasteiger partial charge in [0, 0.05) is 17.7 Å². The molecule has 1 N–H and O–H groups in total. The third kappa shape index (κ3) is 3.45. The summed E-state index contributed by atoms with van der Waals surface area (Å²) in [6, 6.07) is 13.3. The van der Waals surface area contributed by atoms with Crippen molar-refractivity contribution in [3.63, 3.8) is 0 Å². The first-order valence-corrected chi connectivity index (χ1v) is 6.60. The Balaban J connectivity index is 2.16. The highest BCUT2D eigenvalue weighted by Gasteiger charge is 2.15. The van der Waals surface area contributed by atoms with Gasteiger partial charge < -0.3 is 5.32 Å². The first-order chi connectivity index (χ1) is 9.99. The molecule has 0 aliphatic carbocycles. The molecule has 21 heavy (non-hydrogen) atoms. The smallest absolute Gasteiger partial charge is 0.270 e. The summed E-state index contributed by atoms with van der Waals surface area (Å²) >= 11 is 0. The topological polar surface area (TPSA) is 72.2 Å². The van der Waals surface area contributed by atoms with Gasteiger partial charge in [-0.15, -0.1) is 0 Å². The van der Waals surface area contributed by atoms with Crippen LogP contribution in [0.1, 0.15) is 34.5 Å². The van der Waals surface area contributed by atoms with Gasteiger partial charge in [-0.3, -0.25) is 14.9 Å². The zero-order valence-corrected chi connectivity index (χ0v) is 11.9. The van der Waals surface area contributed by atoms with E-state index in [1.165, 1.54) is 18.2 Å². The van der Waals surface area contributed by atoms with E-state index in [2.05, 4.69) is 5.32 Å². The molecule has 0 aliphatic rings. The lowest BCUT2D eigenvalue weighted by Gasteiger charge is -2.16. The van der Waals surface area contributed by atoms with Crippen LogP contribution in [0.2, 0.25) is 0 Å². The molecule has 108 valence electrons. The Bertz CT molecular complexity index is 683. The molecule has 0 saturated carbocycles. The summed E-state index contributed by atoms with van der Waals surface area (Å²) in [4.78, 5) is 22.4. The van der Waals surface area contributed by atoms with Crippen molar-refractivity contribution in [3.8, 4) is 0 Å². The van der Waals surface area contributed by atoms with E-state index in [0.29, 0.717) is 0 Å². The Morgan fingerprint density at radius 1 is 1.19 bits per heavy atom. The molecule has 5 heteroatoms. The summed E-state index contributed by atoms with van der Waals surface area (Å²) in [6.45, 7) is 3.86. The number of carbonyl (C=O) groups is 1. The molecule has 2 rings (SSSR count). The van der Waals surface area contributed by atoms with Crippen molar-refractivity contribution in [3.05, 3.63) is 75.3 Å². The number of rotatable bonds is 4. The van der Waals surface area contributed by atoms with Crippen LogP contribution >= 0.6 is 0 Å². The first kappa shape index (κ1) is 14.7. The first-order valence-electron chi connectivity index (χ1n) is 6.60. The van der Waals surface area contributed by atoms with Gasteiger partial charge in [-0.25, -0.2) is 0 Å². The number of nitrogens with zero attached hydrogens (tertiary/aromatic N) is 1. The lowest BCUT2D eigenvalue weighted by molar-refractivity contribution is -0.384. The van der Waals surface area contributed by atoms with E-state index in [-0.39, 0.29) is 23.2 Å². The Kier molecular flexibility index (Phi) is 4.33. The monoisotopic (exact) mass is 284 g/mol. The number of aryl methyl sites for hydroxylation is 1. The quantitative estimate of drug-likeness (QED) is 0.691. The second kappa shape index (κ2) is 6.17. The highest BCUT2D eigenvalue weighted by molar-refractivity contribution is 5.95. The van der Waals surface area contributed by atoms with Crippen LogP contribution in [0.5, 0.6) is 0 Å². The van der Waals surface area contributed by atoms with Crippen LogP contribution in [-0.4, -0.2) is 10.8 Å². The van der Waals surface area contributed by atoms with Crippen LogP contribution in [-0.2, 0) is 0 Å². The van der Waals surface area contributed by atoms with E-state index in [0.717, 1.165) is 11.1 Å². The molecule has 0 aliphatic heterocycles. The summed E-state index contributed by atoms with van der Waals surface area (Å²) in [5.41, 5.74) is 2.30. The molecule has 2 aromatic carbocycles. The van der Waals surface area contributed by atoms with Crippen molar-refractivity contribution in [2.75, 3.05) is 0 Å². The maximum atomic E-state index is 12.2. The molecular weight excluding hydrogens is 268 g/mol. The van der Waals surface area contributed by atoms with Gasteiger partial charge in [0.05, 0.1) is 11.0 Å². The fraction of sp³-hybridized carbons (Fsp3) is 0.188. The van der Waals surface area contributed by atoms with Crippen molar-refractivity contribution in [1.29, 1.82) is 0 Å². The molecular formula is C16H16N2O3. The predicted octanol–water partition coefficient (Wildman–Crippen LogP) is 3.39. The van der Waals surface area contributed by atoms with Crippen LogP contribution in [0.25, 0.3) is 0 Å². The molecule has 0 aromatic heterocycles. The number of nitrogens with one attached hydrogen (secondary N) is 1. The van der Waals surface area contributed by atoms with E-state index in [4.69, 9.17) is 0 Å². The number of nitro groups is 1. The summed E-state index contributed by atoms with van der Waals surface area (Å²) in [5.74, 6) is -0.325. The Morgan fingerprint density at radius 3 is 2.57 bits per heavy atom. The summed E-state index contributed by atoms with van der Waals surface area (Å²) in [5, 5.41) is 13.6. The lowest BCUT2D eigenvalue weighted by atomic mass is 10.0. The van der Waals surface area contributed by atoms with Gasteiger partial charge in [-0.05, 0) is 31.0 Å². The van der Waals surface area contributed by atoms with Crippen molar-refractivity contribution in [2.45, 2.75) is 19.9 Å². The minimum Gasteiger partial charge on any atom is -0.346 e. The molecule has 0 heterocycles. The van der Waals surface area contributed by atoms with E-state index >= 15 is 0 Å². The minimum atomic E-state index is -0.512. The number of benzene rings is 2. The van der Waals surface area contributed by atoms with E-state index in [1.54, 1.807) is 6.07 Å². The van der Waals surface area contributed by atoms with Crippen LogP contribution in [0, 0.1) is 17.0 Å². The maximum absolute atomic E-state index is 12.2. The van der Waals surface area contributed by atoms with Gasteiger partial charge in [0.2, 0.25) is 0 Å². The van der Waals surface area contributed by atoms with Crippen molar-refractivity contribution in [1.82, 2.24) is 5.32 Å². The molecule has 1 atom stereocenters. The molecule has 0 bridgehead atoms. The highest BCUT2D eigenvalue weighted by Crippen LogP contribution is 2.18. The van der Waals surface area contributed by atoms with E-state index in [9.17, 15) is 14.9 Å². The average molecular weight is 284 g/mol. The second-order valence-corrected chi connectivity index (χ2v) is 4.86. The van der Waals surface area contributed by atoms with Gasteiger partial charge in [0.15, 0.2) is 0 Å². The Hall–Kier alpha value is -2.69. The summed E-state index contributed by atoms with van der Waals surface area (Å²) in [6.07, 6.45) is 0. The minimum absolute atomic E-state index is 0.0915. The fourth-order valence-electron chi connectivity index (χ4n) is 2.19. The third-order valence-electron chi connectivity index (χ3n) is 3.32. The summed E-state index contributed by atoms with van der Waals surface area (Å²) in [7, 11) is 0. The third-order valence-corrected chi connectivity index (χ3v) is 3.32.